The molecule has 3 fully saturated rings. The van der Waals surface area contributed by atoms with Gasteiger partial charge in [-0.15, -0.1) is 0 Å². The molecule has 2 nitrogen and oxygen atoms in total. The molecule has 4 aliphatic rings. The molecule has 0 aliphatic heterocycles. The minimum absolute atomic E-state index is 0.116. The van der Waals surface area contributed by atoms with Gasteiger partial charge in [-0.1, -0.05) is 38.0 Å². The highest BCUT2D eigenvalue weighted by Crippen LogP contribution is 2.67. The average Bonchev–Trinajstić information content (AvgIpc) is 2.99. The molecule has 0 heterocycles. The third-order valence-corrected chi connectivity index (χ3v) is 9.81. The maximum atomic E-state index is 12.4. The Morgan fingerprint density at radius 3 is 2.66 bits per heavy atom. The van der Waals surface area contributed by atoms with Crippen molar-refractivity contribution >= 4 is 5.78 Å². The first-order chi connectivity index (χ1) is 13.6. The second-order valence-electron chi connectivity index (χ2n) is 11.8. The first-order valence-corrected chi connectivity index (χ1v) is 12.2. The molecule has 29 heavy (non-hydrogen) atoms. The molecule has 0 aromatic carbocycles. The molecule has 8 atom stereocenters. The van der Waals surface area contributed by atoms with Gasteiger partial charge >= 0.3 is 0 Å². The van der Waals surface area contributed by atoms with Gasteiger partial charge < -0.3 is 5.11 Å². The Hall–Kier alpha value is -0.890. The molecule has 3 saturated carbocycles. The van der Waals surface area contributed by atoms with E-state index in [9.17, 15) is 9.90 Å². The zero-order chi connectivity index (χ0) is 21.0. The van der Waals surface area contributed by atoms with Crippen molar-refractivity contribution in [1.29, 1.82) is 0 Å². The van der Waals surface area contributed by atoms with Gasteiger partial charge in [-0.2, -0.15) is 0 Å². The van der Waals surface area contributed by atoms with Crippen LogP contribution in [0.3, 0.4) is 0 Å². The van der Waals surface area contributed by atoms with Crippen LogP contribution in [-0.4, -0.2) is 17.0 Å². The maximum Gasteiger partial charge on any atom is 0.155 e. The van der Waals surface area contributed by atoms with Gasteiger partial charge in [-0.05, 0) is 112 Å². The maximum absolute atomic E-state index is 12.4. The molecule has 0 spiro atoms. The molecule has 0 aromatic rings. The summed E-state index contributed by atoms with van der Waals surface area (Å²) in [5, 5.41) is 10.2. The Kier molecular flexibility index (Phi) is 5.64. The van der Waals surface area contributed by atoms with Crippen molar-refractivity contribution in [2.24, 2.45) is 40.4 Å². The van der Waals surface area contributed by atoms with Gasteiger partial charge in [0.2, 0.25) is 0 Å². The molecule has 0 amide bonds. The number of ketones is 1. The monoisotopic (exact) mass is 398 g/mol. The van der Waals surface area contributed by atoms with Crippen molar-refractivity contribution in [1.82, 2.24) is 0 Å². The molecule has 0 aromatic heterocycles. The number of hydrogen-bond donors (Lipinski definition) is 1. The lowest BCUT2D eigenvalue weighted by molar-refractivity contribution is -0.116. The van der Waals surface area contributed by atoms with E-state index < -0.39 is 0 Å². The van der Waals surface area contributed by atoms with Gasteiger partial charge in [0.1, 0.15) is 0 Å². The summed E-state index contributed by atoms with van der Waals surface area (Å²) < 4.78 is 0. The van der Waals surface area contributed by atoms with Crippen LogP contribution in [0.25, 0.3) is 0 Å². The van der Waals surface area contributed by atoms with Gasteiger partial charge in [-0.3, -0.25) is 4.79 Å². The molecule has 4 rings (SSSR count). The summed E-state index contributed by atoms with van der Waals surface area (Å²) in [6, 6.07) is 0. The van der Waals surface area contributed by atoms with Gasteiger partial charge in [-0.25, -0.2) is 0 Å². The number of hydrogen-bond acceptors (Lipinski definition) is 2. The quantitative estimate of drug-likeness (QED) is 0.434. The highest BCUT2D eigenvalue weighted by atomic mass is 16.3. The molecule has 2 heteroatoms. The summed E-state index contributed by atoms with van der Waals surface area (Å²) in [4.78, 5) is 12.4. The third-order valence-electron chi connectivity index (χ3n) is 9.81. The van der Waals surface area contributed by atoms with Gasteiger partial charge in [0, 0.05) is 6.42 Å². The number of fused-ring (bicyclic) bond motifs is 5. The van der Waals surface area contributed by atoms with Crippen LogP contribution in [0.5, 0.6) is 0 Å². The van der Waals surface area contributed by atoms with Crippen molar-refractivity contribution in [2.45, 2.75) is 98.5 Å². The highest BCUT2D eigenvalue weighted by Gasteiger charge is 2.59. The Labute approximate surface area is 178 Å². The zero-order valence-electron chi connectivity index (χ0n) is 19.3. The molecule has 1 N–H and O–H groups in total. The van der Waals surface area contributed by atoms with Gasteiger partial charge in [0.05, 0.1) is 6.10 Å². The fraction of sp³-hybridized carbons (Fsp3) is 0.815. The van der Waals surface area contributed by atoms with Gasteiger partial charge in [0.25, 0.3) is 0 Å². The van der Waals surface area contributed by atoms with E-state index in [0.717, 1.165) is 36.2 Å². The van der Waals surface area contributed by atoms with Crippen LogP contribution in [0.15, 0.2) is 23.3 Å². The fourth-order valence-corrected chi connectivity index (χ4v) is 8.46. The minimum Gasteiger partial charge on any atom is -0.393 e. The van der Waals surface area contributed by atoms with Crippen molar-refractivity contribution < 1.29 is 9.90 Å². The molecule has 5 unspecified atom stereocenters. The van der Waals surface area contributed by atoms with E-state index in [-0.39, 0.29) is 6.10 Å². The van der Waals surface area contributed by atoms with E-state index in [1.54, 1.807) is 5.57 Å². The molecular weight excluding hydrogens is 356 g/mol. The van der Waals surface area contributed by atoms with Crippen LogP contribution in [0.1, 0.15) is 92.4 Å². The number of allylic oxidation sites excluding steroid dienone is 3. The largest absolute Gasteiger partial charge is 0.393 e. The minimum atomic E-state index is -0.116. The van der Waals surface area contributed by atoms with Crippen LogP contribution in [0.2, 0.25) is 0 Å². The van der Waals surface area contributed by atoms with Crippen molar-refractivity contribution in [2.75, 3.05) is 0 Å². The Bertz CT molecular complexity index is 714. The predicted octanol–water partition coefficient (Wildman–Crippen LogP) is 6.49. The SMILES string of the molecule is CC(C)=CC(=O)CC(C)C1CCC2C3CC=C4C[C@@H](O)CC[C@]4(C)C3CC[C@]12C. The van der Waals surface area contributed by atoms with Crippen LogP contribution in [-0.2, 0) is 4.79 Å². The normalized spacial score (nSPS) is 44.8. The van der Waals surface area contributed by atoms with Crippen LogP contribution in [0.4, 0.5) is 0 Å². The van der Waals surface area contributed by atoms with E-state index in [1.165, 1.54) is 38.5 Å². The number of carbonyl (C=O) groups excluding carboxylic acids is 1. The number of carbonyl (C=O) groups is 1. The Morgan fingerprint density at radius 1 is 1.17 bits per heavy atom. The predicted molar refractivity (Wildman–Crippen MR) is 119 cm³/mol. The van der Waals surface area contributed by atoms with Gasteiger partial charge in [0.15, 0.2) is 5.78 Å². The van der Waals surface area contributed by atoms with Crippen LogP contribution in [0, 0.1) is 40.4 Å². The topological polar surface area (TPSA) is 37.3 Å². The molecule has 4 aliphatic carbocycles. The summed E-state index contributed by atoms with van der Waals surface area (Å²) in [5.74, 6) is 3.91. The second kappa shape index (κ2) is 7.66. The summed E-state index contributed by atoms with van der Waals surface area (Å²) in [6.07, 6.45) is 14.6. The second-order valence-corrected chi connectivity index (χ2v) is 11.8. The number of aliphatic hydroxyl groups is 1. The van der Waals surface area contributed by atoms with E-state index in [4.69, 9.17) is 0 Å². The average molecular weight is 399 g/mol. The smallest absolute Gasteiger partial charge is 0.155 e. The highest BCUT2D eigenvalue weighted by molar-refractivity contribution is 5.90. The van der Waals surface area contributed by atoms with E-state index >= 15 is 0 Å². The number of rotatable bonds is 4. The first-order valence-electron chi connectivity index (χ1n) is 12.2. The summed E-state index contributed by atoms with van der Waals surface area (Å²) >= 11 is 0. The van der Waals surface area contributed by atoms with Crippen LogP contribution >= 0.6 is 0 Å². The first kappa shape index (κ1) is 21.3. The molecule has 162 valence electrons. The van der Waals surface area contributed by atoms with Crippen molar-refractivity contribution in [3.63, 3.8) is 0 Å². The van der Waals surface area contributed by atoms with E-state index in [1.807, 2.05) is 19.9 Å². The molecule has 0 radical (unpaired) electrons. The molecule has 0 bridgehead atoms. The van der Waals surface area contributed by atoms with Crippen molar-refractivity contribution in [3.8, 4) is 0 Å². The lowest BCUT2D eigenvalue weighted by atomic mass is 9.47. The van der Waals surface area contributed by atoms with Crippen LogP contribution < -0.4 is 0 Å². The number of aliphatic hydroxyl groups excluding tert-OH is 1. The van der Waals surface area contributed by atoms with Crippen molar-refractivity contribution in [3.05, 3.63) is 23.3 Å². The molecule has 0 saturated heterocycles. The Balaban J connectivity index is 1.53. The Morgan fingerprint density at radius 2 is 1.93 bits per heavy atom. The fourth-order valence-electron chi connectivity index (χ4n) is 8.46. The summed E-state index contributed by atoms with van der Waals surface area (Å²) in [7, 11) is 0. The van der Waals surface area contributed by atoms with E-state index in [0.29, 0.717) is 34.9 Å². The zero-order valence-corrected chi connectivity index (χ0v) is 19.3. The standard InChI is InChI=1S/C27H42O2/c1-17(2)14-21(29)15-18(3)23-8-9-24-22-7-6-19-16-20(28)10-12-26(19,4)25(22)11-13-27(23,24)5/h6,14,18,20,22-25,28H,7-13,15-16H2,1-5H3/t18?,20-,22?,23?,24?,25?,26-,27+/m0/s1. The lowest BCUT2D eigenvalue weighted by Gasteiger charge is -2.58. The third kappa shape index (κ3) is 3.58. The molecular formula is C27H42O2. The summed E-state index contributed by atoms with van der Waals surface area (Å²) in [5.41, 5.74) is 3.42. The summed E-state index contributed by atoms with van der Waals surface area (Å²) in [6.45, 7) is 11.5. The van der Waals surface area contributed by atoms with E-state index in [2.05, 4.69) is 26.8 Å². The lowest BCUT2D eigenvalue weighted by Crippen LogP contribution is -2.50.